The Balaban J connectivity index is 2.19. The Bertz CT molecular complexity index is 647. The van der Waals surface area contributed by atoms with Crippen molar-refractivity contribution in [2.75, 3.05) is 5.32 Å². The fraction of sp³-hybridized carbons (Fsp3) is 0.133. The summed E-state index contributed by atoms with van der Waals surface area (Å²) in [6, 6.07) is 12.3. The van der Waals surface area contributed by atoms with E-state index in [0.717, 1.165) is 15.7 Å². The van der Waals surface area contributed by atoms with Crippen LogP contribution < -0.4 is 5.32 Å². The Kier molecular flexibility index (Phi) is 4.18. The van der Waals surface area contributed by atoms with Crippen molar-refractivity contribution in [1.29, 1.82) is 5.26 Å². The van der Waals surface area contributed by atoms with Crippen molar-refractivity contribution < 1.29 is 4.39 Å². The summed E-state index contributed by atoms with van der Waals surface area (Å²) < 4.78 is 14.6. The first-order chi connectivity index (χ1) is 9.10. The number of benzene rings is 2. The lowest BCUT2D eigenvalue weighted by molar-refractivity contribution is 0.612. The molecule has 4 heteroatoms. The topological polar surface area (TPSA) is 35.8 Å². The molecule has 2 aromatic rings. The summed E-state index contributed by atoms with van der Waals surface area (Å²) >= 11 is 3.44. The second kappa shape index (κ2) is 5.85. The smallest absolute Gasteiger partial charge is 0.128 e. The number of aryl methyl sites for hydroxylation is 1. The molecule has 1 N–H and O–H groups in total. The predicted molar refractivity (Wildman–Crippen MR) is 77.3 cm³/mol. The molecular weight excluding hydrogens is 307 g/mol. The highest BCUT2D eigenvalue weighted by atomic mass is 79.9. The number of rotatable bonds is 3. The molecule has 0 bridgehead atoms. The fourth-order valence-corrected chi connectivity index (χ4v) is 2.13. The maximum absolute atomic E-state index is 13.6. The van der Waals surface area contributed by atoms with Crippen LogP contribution in [0.15, 0.2) is 40.9 Å². The number of hydrogen-bond acceptors (Lipinski definition) is 2. The lowest BCUT2D eigenvalue weighted by atomic mass is 10.1. The Morgan fingerprint density at radius 1 is 1.26 bits per heavy atom. The maximum atomic E-state index is 13.6. The van der Waals surface area contributed by atoms with E-state index in [-0.39, 0.29) is 5.82 Å². The van der Waals surface area contributed by atoms with Crippen LogP contribution in [0.4, 0.5) is 10.1 Å². The number of nitriles is 1. The summed E-state index contributed by atoms with van der Waals surface area (Å²) in [6.45, 7) is 2.33. The van der Waals surface area contributed by atoms with E-state index in [9.17, 15) is 4.39 Å². The van der Waals surface area contributed by atoms with Gasteiger partial charge in [0.2, 0.25) is 0 Å². The molecule has 2 rings (SSSR count). The number of anilines is 1. The number of nitrogens with zero attached hydrogens (tertiary/aromatic N) is 1. The molecule has 0 amide bonds. The van der Waals surface area contributed by atoms with Gasteiger partial charge in [0.15, 0.2) is 0 Å². The first kappa shape index (κ1) is 13.6. The van der Waals surface area contributed by atoms with E-state index in [0.29, 0.717) is 17.7 Å². The van der Waals surface area contributed by atoms with Gasteiger partial charge in [-0.2, -0.15) is 5.26 Å². The lowest BCUT2D eigenvalue weighted by Gasteiger charge is -2.10. The van der Waals surface area contributed by atoms with E-state index in [1.54, 1.807) is 6.07 Å². The molecule has 0 spiro atoms. The van der Waals surface area contributed by atoms with E-state index in [1.807, 2.05) is 31.2 Å². The zero-order valence-corrected chi connectivity index (χ0v) is 12.0. The van der Waals surface area contributed by atoms with Gasteiger partial charge in [0.25, 0.3) is 0 Å². The number of halogens is 2. The van der Waals surface area contributed by atoms with Crippen molar-refractivity contribution in [2.45, 2.75) is 13.5 Å². The largest absolute Gasteiger partial charge is 0.380 e. The van der Waals surface area contributed by atoms with Crippen molar-refractivity contribution in [3.05, 3.63) is 63.4 Å². The molecular formula is C15H12BrFN2. The number of nitrogens with one attached hydrogen (secondary N) is 1. The van der Waals surface area contributed by atoms with Gasteiger partial charge in [0, 0.05) is 22.3 Å². The zero-order chi connectivity index (χ0) is 13.8. The Morgan fingerprint density at radius 2 is 2.05 bits per heavy atom. The molecule has 0 fully saturated rings. The summed E-state index contributed by atoms with van der Waals surface area (Å²) in [5.41, 5.74) is 2.97. The summed E-state index contributed by atoms with van der Waals surface area (Å²) in [4.78, 5) is 0. The van der Waals surface area contributed by atoms with Crippen LogP contribution in [0.25, 0.3) is 0 Å². The standard InChI is InChI=1S/C15H12BrFN2/c1-10-2-4-13(16)15(6-10)19-9-12-7-11(8-18)3-5-14(12)17/h2-7,19H,9H2,1H3. The van der Waals surface area contributed by atoms with Gasteiger partial charge in [-0.15, -0.1) is 0 Å². The van der Waals surface area contributed by atoms with Gasteiger partial charge in [0.05, 0.1) is 11.6 Å². The third-order valence-corrected chi connectivity index (χ3v) is 3.46. The highest BCUT2D eigenvalue weighted by Gasteiger charge is 2.05. The first-order valence-electron chi connectivity index (χ1n) is 5.78. The van der Waals surface area contributed by atoms with Crippen LogP contribution in [0, 0.1) is 24.1 Å². The molecule has 0 saturated heterocycles. The summed E-state index contributed by atoms with van der Waals surface area (Å²) in [6.07, 6.45) is 0. The average Bonchev–Trinajstić information content (AvgIpc) is 2.41. The second-order valence-corrected chi connectivity index (χ2v) is 5.11. The molecule has 0 radical (unpaired) electrons. The monoisotopic (exact) mass is 318 g/mol. The van der Waals surface area contributed by atoms with Crippen LogP contribution in [-0.2, 0) is 6.54 Å². The molecule has 2 aromatic carbocycles. The van der Waals surface area contributed by atoms with Gasteiger partial charge >= 0.3 is 0 Å². The minimum Gasteiger partial charge on any atom is -0.380 e. The van der Waals surface area contributed by atoms with Gasteiger partial charge in [-0.3, -0.25) is 0 Å². The molecule has 96 valence electrons. The predicted octanol–water partition coefficient (Wildman–Crippen LogP) is 4.38. The molecule has 0 aliphatic carbocycles. The quantitative estimate of drug-likeness (QED) is 0.911. The van der Waals surface area contributed by atoms with Crippen molar-refractivity contribution in [2.24, 2.45) is 0 Å². The van der Waals surface area contributed by atoms with E-state index in [1.165, 1.54) is 12.1 Å². The van der Waals surface area contributed by atoms with Crippen molar-refractivity contribution >= 4 is 21.6 Å². The fourth-order valence-electron chi connectivity index (χ4n) is 1.74. The van der Waals surface area contributed by atoms with Gasteiger partial charge in [0.1, 0.15) is 5.82 Å². The molecule has 0 heterocycles. The third kappa shape index (κ3) is 3.33. The van der Waals surface area contributed by atoms with Gasteiger partial charge in [-0.25, -0.2) is 4.39 Å². The highest BCUT2D eigenvalue weighted by Crippen LogP contribution is 2.24. The molecule has 0 aliphatic rings. The van der Waals surface area contributed by atoms with Gasteiger partial charge < -0.3 is 5.32 Å². The van der Waals surface area contributed by atoms with Crippen LogP contribution in [0.5, 0.6) is 0 Å². The Morgan fingerprint density at radius 3 is 2.79 bits per heavy atom. The minimum atomic E-state index is -0.310. The third-order valence-electron chi connectivity index (χ3n) is 2.77. The number of hydrogen-bond donors (Lipinski definition) is 1. The highest BCUT2D eigenvalue weighted by molar-refractivity contribution is 9.10. The SMILES string of the molecule is Cc1ccc(Br)c(NCc2cc(C#N)ccc2F)c1. The van der Waals surface area contributed by atoms with E-state index in [4.69, 9.17) is 5.26 Å². The van der Waals surface area contributed by atoms with E-state index in [2.05, 4.69) is 21.2 Å². The first-order valence-corrected chi connectivity index (χ1v) is 6.58. The van der Waals surface area contributed by atoms with Crippen LogP contribution in [0.1, 0.15) is 16.7 Å². The summed E-state index contributed by atoms with van der Waals surface area (Å²) in [5.74, 6) is -0.310. The maximum Gasteiger partial charge on any atom is 0.128 e. The zero-order valence-electron chi connectivity index (χ0n) is 10.4. The molecule has 0 aliphatic heterocycles. The molecule has 0 atom stereocenters. The normalized spacial score (nSPS) is 10.0. The lowest BCUT2D eigenvalue weighted by Crippen LogP contribution is -2.03. The van der Waals surface area contributed by atoms with Crippen LogP contribution in [0.3, 0.4) is 0 Å². The van der Waals surface area contributed by atoms with Crippen LogP contribution >= 0.6 is 15.9 Å². The van der Waals surface area contributed by atoms with E-state index < -0.39 is 0 Å². The molecule has 0 unspecified atom stereocenters. The minimum absolute atomic E-state index is 0.310. The molecule has 19 heavy (non-hydrogen) atoms. The average molecular weight is 319 g/mol. The molecule has 0 saturated carbocycles. The van der Waals surface area contributed by atoms with Crippen LogP contribution in [-0.4, -0.2) is 0 Å². The Hall–Kier alpha value is -1.86. The Labute approximate surface area is 120 Å². The van der Waals surface area contributed by atoms with E-state index >= 15 is 0 Å². The van der Waals surface area contributed by atoms with Crippen molar-refractivity contribution in [3.63, 3.8) is 0 Å². The van der Waals surface area contributed by atoms with Crippen molar-refractivity contribution in [3.8, 4) is 6.07 Å². The van der Waals surface area contributed by atoms with Gasteiger partial charge in [-0.05, 0) is 58.7 Å². The summed E-state index contributed by atoms with van der Waals surface area (Å²) in [5, 5.41) is 12.0. The second-order valence-electron chi connectivity index (χ2n) is 4.25. The van der Waals surface area contributed by atoms with Crippen LogP contribution in [0.2, 0.25) is 0 Å². The summed E-state index contributed by atoms with van der Waals surface area (Å²) in [7, 11) is 0. The molecule has 2 nitrogen and oxygen atoms in total. The molecule has 0 aromatic heterocycles. The van der Waals surface area contributed by atoms with Gasteiger partial charge in [-0.1, -0.05) is 6.07 Å². The van der Waals surface area contributed by atoms with Crippen molar-refractivity contribution in [1.82, 2.24) is 0 Å².